The van der Waals surface area contributed by atoms with Crippen LogP contribution in [0, 0.1) is 5.92 Å². The Kier molecular flexibility index (Phi) is 6.98. The molecule has 1 rings (SSSR count). The molecule has 1 aliphatic heterocycles. The Morgan fingerprint density at radius 2 is 2.33 bits per heavy atom. The molecule has 0 spiro atoms. The zero-order valence-corrected chi connectivity index (χ0v) is 10.1. The molecule has 90 valence electrons. The van der Waals surface area contributed by atoms with Crippen LogP contribution in [-0.2, 0) is 9.47 Å². The lowest BCUT2D eigenvalue weighted by Gasteiger charge is -2.22. The second-order valence-corrected chi connectivity index (χ2v) is 4.54. The van der Waals surface area contributed by atoms with Gasteiger partial charge in [0.05, 0.1) is 6.10 Å². The second kappa shape index (κ2) is 8.08. The van der Waals surface area contributed by atoms with Crippen molar-refractivity contribution < 1.29 is 9.47 Å². The summed E-state index contributed by atoms with van der Waals surface area (Å²) in [4.78, 5) is 0. The van der Waals surface area contributed by atoms with Crippen molar-refractivity contribution in [3.63, 3.8) is 0 Å². The van der Waals surface area contributed by atoms with Crippen LogP contribution in [0.15, 0.2) is 0 Å². The number of hydrogen-bond acceptors (Lipinski definition) is 3. The number of rotatable bonds is 7. The molecule has 0 bridgehead atoms. The van der Waals surface area contributed by atoms with Gasteiger partial charge in [-0.1, -0.05) is 6.92 Å². The SMILES string of the molecule is COCC(C)CNCCC1CCCCO1. The summed E-state index contributed by atoms with van der Waals surface area (Å²) in [7, 11) is 1.76. The fraction of sp³-hybridized carbons (Fsp3) is 1.00. The summed E-state index contributed by atoms with van der Waals surface area (Å²) >= 11 is 0. The highest BCUT2D eigenvalue weighted by atomic mass is 16.5. The van der Waals surface area contributed by atoms with E-state index in [0.717, 1.165) is 32.7 Å². The van der Waals surface area contributed by atoms with Crippen molar-refractivity contribution in [1.29, 1.82) is 0 Å². The third-order valence-electron chi connectivity index (χ3n) is 2.86. The van der Waals surface area contributed by atoms with Gasteiger partial charge in [-0.2, -0.15) is 0 Å². The molecule has 2 unspecified atom stereocenters. The Labute approximate surface area is 93.5 Å². The molecule has 0 aromatic rings. The van der Waals surface area contributed by atoms with Crippen LogP contribution in [0.3, 0.4) is 0 Å². The monoisotopic (exact) mass is 215 g/mol. The van der Waals surface area contributed by atoms with Crippen molar-refractivity contribution >= 4 is 0 Å². The molecule has 15 heavy (non-hydrogen) atoms. The van der Waals surface area contributed by atoms with Crippen LogP contribution in [0.4, 0.5) is 0 Å². The average Bonchev–Trinajstić information content (AvgIpc) is 2.26. The van der Waals surface area contributed by atoms with Gasteiger partial charge in [-0.05, 0) is 44.7 Å². The van der Waals surface area contributed by atoms with Gasteiger partial charge in [-0.3, -0.25) is 0 Å². The van der Waals surface area contributed by atoms with Crippen molar-refractivity contribution in [2.24, 2.45) is 5.92 Å². The molecular formula is C12H25NO2. The van der Waals surface area contributed by atoms with Crippen molar-refractivity contribution in [1.82, 2.24) is 5.32 Å². The lowest BCUT2D eigenvalue weighted by Crippen LogP contribution is -2.29. The highest BCUT2D eigenvalue weighted by Gasteiger charge is 2.12. The van der Waals surface area contributed by atoms with Crippen LogP contribution in [0.2, 0.25) is 0 Å². The van der Waals surface area contributed by atoms with Gasteiger partial charge in [0.2, 0.25) is 0 Å². The number of methoxy groups -OCH3 is 1. The quantitative estimate of drug-likeness (QED) is 0.657. The smallest absolute Gasteiger partial charge is 0.0587 e. The van der Waals surface area contributed by atoms with E-state index in [-0.39, 0.29) is 0 Å². The Morgan fingerprint density at radius 3 is 3.00 bits per heavy atom. The number of hydrogen-bond donors (Lipinski definition) is 1. The second-order valence-electron chi connectivity index (χ2n) is 4.54. The van der Waals surface area contributed by atoms with Crippen LogP contribution >= 0.6 is 0 Å². The van der Waals surface area contributed by atoms with E-state index in [4.69, 9.17) is 9.47 Å². The first kappa shape index (κ1) is 12.9. The van der Waals surface area contributed by atoms with Crippen LogP contribution in [0.25, 0.3) is 0 Å². The number of nitrogens with one attached hydrogen (secondary N) is 1. The first-order valence-corrected chi connectivity index (χ1v) is 6.14. The number of ether oxygens (including phenoxy) is 2. The molecule has 0 aromatic carbocycles. The molecule has 0 amide bonds. The molecule has 1 saturated heterocycles. The van der Waals surface area contributed by atoms with Crippen LogP contribution in [-0.4, -0.2) is 39.5 Å². The predicted molar refractivity (Wildman–Crippen MR) is 62.1 cm³/mol. The molecule has 3 nitrogen and oxygen atoms in total. The summed E-state index contributed by atoms with van der Waals surface area (Å²) in [6, 6.07) is 0. The van der Waals surface area contributed by atoms with E-state index < -0.39 is 0 Å². The zero-order chi connectivity index (χ0) is 10.9. The van der Waals surface area contributed by atoms with Crippen molar-refractivity contribution in [3.05, 3.63) is 0 Å². The summed E-state index contributed by atoms with van der Waals surface area (Å²) in [6.07, 6.45) is 5.48. The molecule has 0 aromatic heterocycles. The zero-order valence-electron chi connectivity index (χ0n) is 10.1. The van der Waals surface area contributed by atoms with Gasteiger partial charge in [-0.25, -0.2) is 0 Å². The molecule has 0 saturated carbocycles. The van der Waals surface area contributed by atoms with Gasteiger partial charge in [0, 0.05) is 20.3 Å². The van der Waals surface area contributed by atoms with Crippen LogP contribution in [0.1, 0.15) is 32.6 Å². The Balaban J connectivity index is 1.91. The molecule has 1 heterocycles. The van der Waals surface area contributed by atoms with Crippen molar-refractivity contribution in [3.8, 4) is 0 Å². The van der Waals surface area contributed by atoms with Crippen molar-refractivity contribution in [2.75, 3.05) is 33.4 Å². The fourth-order valence-electron chi connectivity index (χ4n) is 1.99. The molecule has 2 atom stereocenters. The molecule has 1 N–H and O–H groups in total. The van der Waals surface area contributed by atoms with Gasteiger partial charge >= 0.3 is 0 Å². The largest absolute Gasteiger partial charge is 0.384 e. The summed E-state index contributed by atoms with van der Waals surface area (Å²) < 4.78 is 10.8. The minimum absolute atomic E-state index is 0.504. The highest BCUT2D eigenvalue weighted by Crippen LogP contribution is 2.14. The minimum atomic E-state index is 0.504. The van der Waals surface area contributed by atoms with Gasteiger partial charge in [-0.15, -0.1) is 0 Å². The standard InChI is InChI=1S/C12H25NO2/c1-11(10-14-2)9-13-7-6-12-5-3-4-8-15-12/h11-13H,3-10H2,1-2H3. The molecule has 1 aliphatic rings. The third kappa shape index (κ3) is 6.13. The topological polar surface area (TPSA) is 30.5 Å². The Bertz CT molecular complexity index is 147. The summed E-state index contributed by atoms with van der Waals surface area (Å²) in [5, 5.41) is 3.46. The third-order valence-corrected chi connectivity index (χ3v) is 2.86. The first-order chi connectivity index (χ1) is 7.33. The Hall–Kier alpha value is -0.120. The Morgan fingerprint density at radius 1 is 1.47 bits per heavy atom. The van der Waals surface area contributed by atoms with Crippen LogP contribution < -0.4 is 5.32 Å². The molecule has 3 heteroatoms. The predicted octanol–water partition coefficient (Wildman–Crippen LogP) is 1.82. The maximum absolute atomic E-state index is 5.67. The molecular weight excluding hydrogens is 190 g/mol. The maximum Gasteiger partial charge on any atom is 0.0587 e. The lowest BCUT2D eigenvalue weighted by atomic mass is 10.1. The van der Waals surface area contributed by atoms with E-state index in [9.17, 15) is 0 Å². The molecule has 1 fully saturated rings. The van der Waals surface area contributed by atoms with Crippen molar-refractivity contribution in [2.45, 2.75) is 38.7 Å². The molecule has 0 aliphatic carbocycles. The van der Waals surface area contributed by atoms with E-state index in [1.54, 1.807) is 7.11 Å². The lowest BCUT2D eigenvalue weighted by molar-refractivity contribution is 0.0114. The maximum atomic E-state index is 5.67. The van der Waals surface area contributed by atoms with Crippen LogP contribution in [0.5, 0.6) is 0 Å². The van der Waals surface area contributed by atoms with E-state index >= 15 is 0 Å². The van der Waals surface area contributed by atoms with Gasteiger partial charge in [0.1, 0.15) is 0 Å². The normalized spacial score (nSPS) is 24.0. The fourth-order valence-corrected chi connectivity index (χ4v) is 1.99. The summed E-state index contributed by atoms with van der Waals surface area (Å²) in [6.45, 7) is 6.12. The average molecular weight is 215 g/mol. The van der Waals surface area contributed by atoms with Gasteiger partial charge in [0.15, 0.2) is 0 Å². The molecule has 0 radical (unpaired) electrons. The van der Waals surface area contributed by atoms with E-state index in [2.05, 4.69) is 12.2 Å². The van der Waals surface area contributed by atoms with E-state index in [1.807, 2.05) is 0 Å². The highest BCUT2D eigenvalue weighted by molar-refractivity contribution is 4.65. The van der Waals surface area contributed by atoms with E-state index in [0.29, 0.717) is 12.0 Å². The van der Waals surface area contributed by atoms with E-state index in [1.165, 1.54) is 19.3 Å². The van der Waals surface area contributed by atoms with Gasteiger partial charge in [0.25, 0.3) is 0 Å². The summed E-state index contributed by atoms with van der Waals surface area (Å²) in [5.41, 5.74) is 0. The minimum Gasteiger partial charge on any atom is -0.384 e. The summed E-state index contributed by atoms with van der Waals surface area (Å²) in [5.74, 6) is 0.599. The first-order valence-electron chi connectivity index (χ1n) is 6.14. The van der Waals surface area contributed by atoms with Gasteiger partial charge < -0.3 is 14.8 Å².